The third-order valence-electron chi connectivity index (χ3n) is 5.55. The number of aryl methyl sites for hydroxylation is 1. The number of carbonyl (C=O) groups excluding carboxylic acids is 2. The number of anilines is 2. The highest BCUT2D eigenvalue weighted by molar-refractivity contribution is 6.30. The number of nitrogens with zero attached hydrogens (tertiary/aromatic N) is 3. The molecule has 0 unspecified atom stereocenters. The molecule has 35 heavy (non-hydrogen) atoms. The lowest BCUT2D eigenvalue weighted by atomic mass is 9.92. The second-order valence-corrected chi connectivity index (χ2v) is 9.94. The van der Waals surface area contributed by atoms with Gasteiger partial charge in [-0.25, -0.2) is 9.48 Å². The summed E-state index contributed by atoms with van der Waals surface area (Å²) in [6.07, 6.45) is 1.66. The van der Waals surface area contributed by atoms with Gasteiger partial charge in [0.2, 0.25) is 5.91 Å². The average Bonchev–Trinajstić information content (AvgIpc) is 3.24. The molecule has 2 aromatic carbocycles. The van der Waals surface area contributed by atoms with Crippen LogP contribution in [0.15, 0.2) is 54.6 Å². The minimum Gasteiger partial charge on any atom is -0.315 e. The number of hydrogen-bond donors (Lipinski definition) is 2. The molecule has 3 aromatic rings. The van der Waals surface area contributed by atoms with Gasteiger partial charge >= 0.3 is 6.03 Å². The fourth-order valence-electron chi connectivity index (χ4n) is 3.52. The number of urea groups is 1. The van der Waals surface area contributed by atoms with E-state index in [4.69, 9.17) is 16.7 Å². The number of hydrogen-bond acceptors (Lipinski definition) is 3. The van der Waals surface area contributed by atoms with E-state index >= 15 is 0 Å². The van der Waals surface area contributed by atoms with Crippen LogP contribution in [-0.4, -0.2) is 39.7 Å². The predicted molar refractivity (Wildman–Crippen MR) is 143 cm³/mol. The second-order valence-electron chi connectivity index (χ2n) is 9.50. The third kappa shape index (κ3) is 7.09. The molecule has 8 heteroatoms. The van der Waals surface area contributed by atoms with E-state index in [1.54, 1.807) is 16.8 Å². The van der Waals surface area contributed by atoms with Crippen molar-refractivity contribution >= 4 is 35.0 Å². The molecule has 0 fully saturated rings. The van der Waals surface area contributed by atoms with Crippen LogP contribution in [0.1, 0.15) is 52.3 Å². The maximum atomic E-state index is 13.0. The van der Waals surface area contributed by atoms with Gasteiger partial charge in [-0.3, -0.25) is 4.79 Å². The van der Waals surface area contributed by atoms with Gasteiger partial charge < -0.3 is 15.5 Å². The summed E-state index contributed by atoms with van der Waals surface area (Å²) in [5.74, 6) is 0.236. The molecule has 0 atom stereocenters. The van der Waals surface area contributed by atoms with E-state index in [-0.39, 0.29) is 23.9 Å². The molecule has 0 aliphatic carbocycles. The number of benzene rings is 2. The number of carbonyl (C=O) groups is 2. The minimum absolute atomic E-state index is 0.0800. The summed E-state index contributed by atoms with van der Waals surface area (Å²) in [5.41, 5.74) is 3.29. The number of nitrogens with one attached hydrogen (secondary N) is 2. The number of amides is 3. The molecule has 3 rings (SSSR count). The second kappa shape index (κ2) is 11.4. The lowest BCUT2D eigenvalue weighted by Crippen LogP contribution is -2.41. The zero-order valence-corrected chi connectivity index (χ0v) is 21.8. The van der Waals surface area contributed by atoms with E-state index in [1.807, 2.05) is 49.4 Å². The summed E-state index contributed by atoms with van der Waals surface area (Å²) in [4.78, 5) is 27.5. The molecule has 0 saturated heterocycles. The first-order chi connectivity index (χ1) is 16.6. The van der Waals surface area contributed by atoms with E-state index in [1.165, 1.54) is 10.5 Å². The molecular formula is C27H34ClN5O2. The summed E-state index contributed by atoms with van der Waals surface area (Å²) in [7, 11) is 0. The molecule has 2 N–H and O–H groups in total. The Labute approximate surface area is 212 Å². The topological polar surface area (TPSA) is 79.3 Å². The van der Waals surface area contributed by atoms with Crippen LogP contribution in [0.3, 0.4) is 0 Å². The quantitative estimate of drug-likeness (QED) is 0.386. The first-order valence-corrected chi connectivity index (χ1v) is 12.3. The minimum atomic E-state index is -0.312. The summed E-state index contributed by atoms with van der Waals surface area (Å²) < 4.78 is 1.69. The van der Waals surface area contributed by atoms with Crippen molar-refractivity contribution < 1.29 is 9.59 Å². The highest BCUT2D eigenvalue weighted by atomic mass is 35.5. The molecule has 0 aliphatic rings. The number of aromatic nitrogens is 2. The number of halogens is 1. The first kappa shape index (κ1) is 26.3. The third-order valence-corrected chi connectivity index (χ3v) is 5.80. The Kier molecular flexibility index (Phi) is 8.57. The van der Waals surface area contributed by atoms with Gasteiger partial charge in [0.1, 0.15) is 12.4 Å². The van der Waals surface area contributed by atoms with E-state index < -0.39 is 0 Å². The largest absolute Gasteiger partial charge is 0.322 e. The monoisotopic (exact) mass is 495 g/mol. The Bertz CT molecular complexity index is 1150. The van der Waals surface area contributed by atoms with Crippen molar-refractivity contribution in [3.63, 3.8) is 0 Å². The van der Waals surface area contributed by atoms with Crippen molar-refractivity contribution in [1.29, 1.82) is 0 Å². The molecule has 0 spiro atoms. The van der Waals surface area contributed by atoms with Gasteiger partial charge in [0.05, 0.1) is 11.4 Å². The Hall–Kier alpha value is -3.32. The molecule has 7 nitrogen and oxygen atoms in total. The van der Waals surface area contributed by atoms with Gasteiger partial charge in [0.15, 0.2) is 0 Å². The van der Waals surface area contributed by atoms with Gasteiger partial charge in [-0.15, -0.1) is 0 Å². The van der Waals surface area contributed by atoms with Crippen LogP contribution < -0.4 is 10.6 Å². The molecular weight excluding hydrogens is 462 g/mol. The molecule has 0 bridgehead atoms. The van der Waals surface area contributed by atoms with Gasteiger partial charge in [0.25, 0.3) is 0 Å². The summed E-state index contributed by atoms with van der Waals surface area (Å²) in [6.45, 7) is 10.6. The van der Waals surface area contributed by atoms with Gasteiger partial charge in [-0.2, -0.15) is 5.10 Å². The smallest absolute Gasteiger partial charge is 0.315 e. The predicted octanol–water partition coefficient (Wildman–Crippen LogP) is 6.27. The Balaban J connectivity index is 1.77. The van der Waals surface area contributed by atoms with Crippen LogP contribution in [0.25, 0.3) is 5.69 Å². The molecule has 186 valence electrons. The van der Waals surface area contributed by atoms with Crippen LogP contribution in [-0.2, 0) is 16.6 Å². The summed E-state index contributed by atoms with van der Waals surface area (Å²) in [5, 5.41) is 11.2. The maximum Gasteiger partial charge on any atom is 0.322 e. The first-order valence-electron chi connectivity index (χ1n) is 11.9. The molecule has 1 heterocycles. The zero-order valence-electron chi connectivity index (χ0n) is 21.1. The Morgan fingerprint density at radius 3 is 2.23 bits per heavy atom. The van der Waals surface area contributed by atoms with Crippen molar-refractivity contribution in [3.8, 4) is 5.69 Å². The maximum absolute atomic E-state index is 13.0. The van der Waals surface area contributed by atoms with E-state index in [9.17, 15) is 9.59 Å². The fraction of sp³-hybridized carbons (Fsp3) is 0.370. The van der Waals surface area contributed by atoms with Crippen LogP contribution in [0.2, 0.25) is 5.02 Å². The van der Waals surface area contributed by atoms with Gasteiger partial charge in [-0.1, -0.05) is 58.4 Å². The van der Waals surface area contributed by atoms with Gasteiger partial charge in [0, 0.05) is 28.7 Å². The van der Waals surface area contributed by atoms with Crippen molar-refractivity contribution in [2.24, 2.45) is 0 Å². The Morgan fingerprint density at radius 1 is 1.00 bits per heavy atom. The fourth-order valence-corrected chi connectivity index (χ4v) is 3.65. The Morgan fingerprint density at radius 2 is 1.66 bits per heavy atom. The zero-order chi connectivity index (χ0) is 25.6. The molecule has 0 radical (unpaired) electrons. The van der Waals surface area contributed by atoms with Crippen LogP contribution >= 0.6 is 11.6 Å². The lowest BCUT2D eigenvalue weighted by molar-refractivity contribution is -0.116. The van der Waals surface area contributed by atoms with E-state index in [0.717, 1.165) is 24.2 Å². The molecule has 3 amide bonds. The standard InChI is InChI=1S/C27H34ClN5O2/c1-6-16-32(26(35)29-21-12-8-19(7-2)9-13-21)18-25(34)30-24-17-23(27(3,4)5)31-33(24)22-14-10-20(28)11-15-22/h8-15,17H,6-7,16,18H2,1-5H3,(H,29,35)(H,30,34). The highest BCUT2D eigenvalue weighted by Crippen LogP contribution is 2.27. The van der Waals surface area contributed by atoms with Crippen molar-refractivity contribution in [2.45, 2.75) is 52.9 Å². The van der Waals surface area contributed by atoms with Crippen LogP contribution in [0, 0.1) is 0 Å². The average molecular weight is 496 g/mol. The summed E-state index contributed by atoms with van der Waals surface area (Å²) in [6, 6.07) is 16.5. The van der Waals surface area contributed by atoms with E-state index in [2.05, 4.69) is 38.3 Å². The molecule has 0 saturated carbocycles. The summed E-state index contributed by atoms with van der Waals surface area (Å²) >= 11 is 6.05. The number of rotatable bonds is 8. The van der Waals surface area contributed by atoms with Crippen molar-refractivity contribution in [1.82, 2.24) is 14.7 Å². The van der Waals surface area contributed by atoms with Gasteiger partial charge in [-0.05, 0) is 54.8 Å². The van der Waals surface area contributed by atoms with Crippen LogP contribution in [0.4, 0.5) is 16.3 Å². The van der Waals surface area contributed by atoms with Crippen molar-refractivity contribution in [2.75, 3.05) is 23.7 Å². The van der Waals surface area contributed by atoms with E-state index in [0.29, 0.717) is 23.1 Å². The van der Waals surface area contributed by atoms with Crippen molar-refractivity contribution in [3.05, 3.63) is 70.9 Å². The lowest BCUT2D eigenvalue weighted by Gasteiger charge is -2.22. The highest BCUT2D eigenvalue weighted by Gasteiger charge is 2.23. The molecule has 1 aromatic heterocycles. The SMILES string of the molecule is CCCN(CC(=O)Nc1cc(C(C)(C)C)nn1-c1ccc(Cl)cc1)C(=O)Nc1ccc(CC)cc1. The normalized spacial score (nSPS) is 11.3. The molecule has 0 aliphatic heterocycles. The van der Waals surface area contributed by atoms with Crippen LogP contribution in [0.5, 0.6) is 0 Å².